The van der Waals surface area contributed by atoms with E-state index >= 15 is 0 Å². The number of nitrogens with zero attached hydrogens (tertiary/aromatic N) is 4. The lowest BCUT2D eigenvalue weighted by atomic mass is 10.1. The molecule has 0 saturated carbocycles. The van der Waals surface area contributed by atoms with Gasteiger partial charge in [-0.2, -0.15) is 5.10 Å². The Morgan fingerprint density at radius 3 is 3.04 bits per heavy atom. The van der Waals surface area contributed by atoms with Crippen molar-refractivity contribution >= 4 is 28.1 Å². The highest BCUT2D eigenvalue weighted by atomic mass is 32.1. The molecule has 0 fully saturated rings. The smallest absolute Gasteiger partial charge is 0.260 e. The van der Waals surface area contributed by atoms with Gasteiger partial charge in [0.2, 0.25) is 0 Å². The summed E-state index contributed by atoms with van der Waals surface area (Å²) in [4.78, 5) is 25.4. The maximum Gasteiger partial charge on any atom is 0.260 e. The number of nitrogen functional groups attached to an aromatic ring is 1. The molecule has 0 bridgehead atoms. The topological polar surface area (TPSA) is 102 Å². The van der Waals surface area contributed by atoms with E-state index < -0.39 is 0 Å². The van der Waals surface area contributed by atoms with Gasteiger partial charge in [0, 0.05) is 30.2 Å². The van der Waals surface area contributed by atoms with E-state index in [1.807, 2.05) is 23.9 Å². The van der Waals surface area contributed by atoms with Crippen LogP contribution < -0.4 is 11.3 Å². The monoisotopic (exact) mass is 364 g/mol. The van der Waals surface area contributed by atoms with Crippen molar-refractivity contribution in [1.82, 2.24) is 24.7 Å². The van der Waals surface area contributed by atoms with E-state index in [9.17, 15) is 4.79 Å². The lowest BCUT2D eigenvalue weighted by molar-refractivity contribution is 0.656. The quantitative estimate of drug-likeness (QED) is 0.569. The number of pyridine rings is 2. The number of H-pyrrole nitrogens is 1. The van der Waals surface area contributed by atoms with Crippen molar-refractivity contribution in [3.8, 4) is 21.0 Å². The Hall–Kier alpha value is -3.00. The fraction of sp³-hybridized carbons (Fsp3) is 0.222. The highest BCUT2D eigenvalue weighted by Gasteiger charge is 2.21. The van der Waals surface area contributed by atoms with Gasteiger partial charge in [0.25, 0.3) is 5.56 Å². The molecule has 0 amide bonds. The molecule has 26 heavy (non-hydrogen) atoms. The molecular weight excluding hydrogens is 348 g/mol. The number of aromatic nitrogens is 5. The van der Waals surface area contributed by atoms with Crippen molar-refractivity contribution in [3.63, 3.8) is 0 Å². The van der Waals surface area contributed by atoms with E-state index in [0.717, 1.165) is 35.4 Å². The van der Waals surface area contributed by atoms with Crippen molar-refractivity contribution < 1.29 is 0 Å². The Morgan fingerprint density at radius 1 is 1.27 bits per heavy atom. The second-order valence-corrected chi connectivity index (χ2v) is 7.54. The predicted molar refractivity (Wildman–Crippen MR) is 102 cm³/mol. The summed E-state index contributed by atoms with van der Waals surface area (Å²) in [5, 5.41) is 5.03. The summed E-state index contributed by atoms with van der Waals surface area (Å²) in [6.45, 7) is 2.88. The van der Waals surface area contributed by atoms with Gasteiger partial charge in [0.15, 0.2) is 0 Å². The van der Waals surface area contributed by atoms with Gasteiger partial charge in [-0.1, -0.05) is 0 Å². The molecule has 4 aromatic heterocycles. The van der Waals surface area contributed by atoms with Gasteiger partial charge in [-0.15, -0.1) is 11.3 Å². The average molecular weight is 364 g/mol. The van der Waals surface area contributed by atoms with Crippen LogP contribution in [0.15, 0.2) is 29.5 Å². The average Bonchev–Trinajstić information content (AvgIpc) is 3.30. The van der Waals surface area contributed by atoms with Gasteiger partial charge in [0.05, 0.1) is 22.3 Å². The molecule has 130 valence electrons. The fourth-order valence-electron chi connectivity index (χ4n) is 3.50. The van der Waals surface area contributed by atoms with Crippen molar-refractivity contribution in [1.29, 1.82) is 0 Å². The minimum absolute atomic E-state index is 0.247. The Morgan fingerprint density at radius 2 is 2.15 bits per heavy atom. The van der Waals surface area contributed by atoms with Crippen LogP contribution in [0, 0.1) is 6.92 Å². The van der Waals surface area contributed by atoms with E-state index in [2.05, 4.69) is 20.1 Å². The van der Waals surface area contributed by atoms with Crippen LogP contribution in [0.1, 0.15) is 17.7 Å². The second-order valence-electron chi connectivity index (χ2n) is 6.51. The van der Waals surface area contributed by atoms with E-state index in [4.69, 9.17) is 5.73 Å². The first kappa shape index (κ1) is 15.3. The summed E-state index contributed by atoms with van der Waals surface area (Å²) in [6, 6.07) is 1.87. The molecule has 8 heteroatoms. The van der Waals surface area contributed by atoms with Gasteiger partial charge in [-0.25, -0.2) is 4.98 Å². The van der Waals surface area contributed by atoms with Crippen LogP contribution in [0.5, 0.6) is 0 Å². The van der Waals surface area contributed by atoms with Crippen molar-refractivity contribution in [2.75, 3.05) is 5.73 Å². The van der Waals surface area contributed by atoms with Crippen LogP contribution in [0.25, 0.3) is 32.0 Å². The minimum atomic E-state index is -0.247. The van der Waals surface area contributed by atoms with Gasteiger partial charge >= 0.3 is 0 Å². The molecule has 5 rings (SSSR count). The van der Waals surface area contributed by atoms with E-state index in [0.29, 0.717) is 27.3 Å². The third kappa shape index (κ3) is 2.19. The van der Waals surface area contributed by atoms with E-state index in [-0.39, 0.29) is 5.56 Å². The number of aryl methyl sites for hydroxylation is 2. The molecule has 1 aliphatic rings. The normalized spacial score (nSPS) is 13.4. The molecule has 0 aliphatic carbocycles. The van der Waals surface area contributed by atoms with Gasteiger partial charge in [-0.3, -0.25) is 14.5 Å². The molecule has 3 N–H and O–H groups in total. The van der Waals surface area contributed by atoms with Gasteiger partial charge in [-0.05, 0) is 31.4 Å². The number of hydrogen-bond acceptors (Lipinski definition) is 6. The van der Waals surface area contributed by atoms with Gasteiger partial charge < -0.3 is 10.7 Å². The van der Waals surface area contributed by atoms with Crippen LogP contribution in [-0.4, -0.2) is 24.7 Å². The molecule has 0 spiro atoms. The third-order valence-electron chi connectivity index (χ3n) is 4.74. The Balaban J connectivity index is 1.66. The minimum Gasteiger partial charge on any atom is -0.396 e. The summed E-state index contributed by atoms with van der Waals surface area (Å²) in [6.07, 6.45) is 7.55. The summed E-state index contributed by atoms with van der Waals surface area (Å²) in [5.74, 6) is 0. The number of nitrogens with one attached hydrogen (secondary N) is 1. The highest BCUT2D eigenvalue weighted by molar-refractivity contribution is 7.18. The summed E-state index contributed by atoms with van der Waals surface area (Å²) < 4.78 is 2.04. The number of fused-ring (bicyclic) bond motifs is 2. The largest absolute Gasteiger partial charge is 0.396 e. The van der Waals surface area contributed by atoms with Crippen molar-refractivity contribution in [3.05, 3.63) is 46.3 Å². The molecule has 0 aromatic carbocycles. The maximum absolute atomic E-state index is 12.6. The Kier molecular flexibility index (Phi) is 3.23. The molecule has 7 nitrogen and oxygen atoms in total. The Bertz CT molecular complexity index is 1220. The predicted octanol–water partition coefficient (Wildman–Crippen LogP) is 2.75. The number of hydrogen-bond donors (Lipinski definition) is 2. The van der Waals surface area contributed by atoms with Crippen molar-refractivity contribution in [2.24, 2.45) is 0 Å². The molecule has 0 unspecified atom stereocenters. The number of thiazole rings is 1. The van der Waals surface area contributed by atoms with Crippen LogP contribution in [0.3, 0.4) is 0 Å². The van der Waals surface area contributed by atoms with E-state index in [1.54, 1.807) is 12.4 Å². The zero-order valence-corrected chi connectivity index (χ0v) is 14.9. The third-order valence-corrected chi connectivity index (χ3v) is 5.79. The number of anilines is 1. The molecule has 5 heterocycles. The van der Waals surface area contributed by atoms with Crippen LogP contribution >= 0.6 is 11.3 Å². The van der Waals surface area contributed by atoms with Crippen molar-refractivity contribution in [2.45, 2.75) is 26.3 Å². The van der Waals surface area contributed by atoms with Crippen LogP contribution in [-0.2, 0) is 13.0 Å². The number of aromatic amines is 1. The number of rotatable bonds is 2. The molecular formula is C18H16N6OS. The molecule has 0 saturated heterocycles. The summed E-state index contributed by atoms with van der Waals surface area (Å²) in [7, 11) is 0. The zero-order valence-electron chi connectivity index (χ0n) is 14.1. The molecule has 0 atom stereocenters. The standard InChI is InChI=1S/C18H16N6OS/c1-9-5-11-16(20-6-9)15(19)14(17(25)23-11)18-21-8-13(26-18)10-7-22-24-4-2-3-12(10)24/h5-8H,2-4H2,1H3,(H3,19,23,25). The first-order valence-corrected chi connectivity index (χ1v) is 9.23. The molecule has 0 radical (unpaired) electrons. The maximum atomic E-state index is 12.6. The van der Waals surface area contributed by atoms with Gasteiger partial charge in [0.1, 0.15) is 16.1 Å². The van der Waals surface area contributed by atoms with Crippen LogP contribution in [0.4, 0.5) is 5.69 Å². The lowest BCUT2D eigenvalue weighted by Crippen LogP contribution is -2.13. The molecule has 4 aromatic rings. The first-order chi connectivity index (χ1) is 12.6. The lowest BCUT2D eigenvalue weighted by Gasteiger charge is -2.06. The summed E-state index contributed by atoms with van der Waals surface area (Å²) in [5.41, 5.74) is 11.3. The first-order valence-electron chi connectivity index (χ1n) is 8.41. The highest BCUT2D eigenvalue weighted by Crippen LogP contribution is 2.37. The fourth-order valence-corrected chi connectivity index (χ4v) is 4.50. The Labute approximate surface area is 152 Å². The summed E-state index contributed by atoms with van der Waals surface area (Å²) >= 11 is 1.46. The zero-order chi connectivity index (χ0) is 17.8. The van der Waals surface area contributed by atoms with E-state index in [1.165, 1.54) is 17.0 Å². The molecule has 1 aliphatic heterocycles. The number of nitrogens with two attached hydrogens (primary N) is 1. The second kappa shape index (κ2) is 5.50. The van der Waals surface area contributed by atoms with Crippen LogP contribution in [0.2, 0.25) is 0 Å². The SMILES string of the molecule is Cc1cnc2c(N)c(-c3ncc(-c4cnn5c4CCC5)s3)c(=O)[nH]c2c1.